The first-order valence-electron chi connectivity index (χ1n) is 6.35. The van der Waals surface area contributed by atoms with Crippen LogP contribution in [0.25, 0.3) is 0 Å². The molecule has 0 aliphatic carbocycles. The van der Waals surface area contributed by atoms with Gasteiger partial charge < -0.3 is 10.1 Å². The molecule has 0 aromatic carbocycles. The molecule has 2 rings (SSSR count). The molecule has 7 heteroatoms. The minimum absolute atomic E-state index is 0. The second-order valence-corrected chi connectivity index (χ2v) is 4.34. The molecule has 1 aromatic rings. The van der Waals surface area contributed by atoms with Crippen molar-refractivity contribution in [2.75, 3.05) is 39.4 Å². The molecule has 118 valence electrons. The molecule has 1 N–H and O–H groups in total. The average molecular weight is 345 g/mol. The predicted octanol–water partition coefficient (Wildman–Crippen LogP) is 2.16. The number of rotatable bonds is 6. The van der Waals surface area contributed by atoms with E-state index in [9.17, 15) is 0 Å². The summed E-state index contributed by atoms with van der Waals surface area (Å²) in [4.78, 5) is 6.47. The fourth-order valence-corrected chi connectivity index (χ4v) is 1.99. The zero-order chi connectivity index (χ0) is 11.8. The van der Waals surface area contributed by atoms with Crippen molar-refractivity contribution >= 4 is 37.2 Å². The van der Waals surface area contributed by atoms with Crippen molar-refractivity contribution in [2.45, 2.75) is 13.0 Å². The molecule has 0 unspecified atom stereocenters. The molecule has 1 aliphatic heterocycles. The molecule has 2 heterocycles. The lowest BCUT2D eigenvalue weighted by atomic mass is 10.2. The maximum atomic E-state index is 5.32. The molecule has 1 aliphatic rings. The van der Waals surface area contributed by atoms with E-state index >= 15 is 0 Å². The molecule has 1 aromatic heterocycles. The van der Waals surface area contributed by atoms with Crippen molar-refractivity contribution in [1.29, 1.82) is 0 Å². The summed E-state index contributed by atoms with van der Waals surface area (Å²) in [5, 5.41) is 3.46. The zero-order valence-corrected chi connectivity index (χ0v) is 13.9. The summed E-state index contributed by atoms with van der Waals surface area (Å²) in [6.07, 6.45) is 4.88. The number of aromatic nitrogens is 1. The smallest absolute Gasteiger partial charge is 0.0594 e. The van der Waals surface area contributed by atoms with Crippen molar-refractivity contribution in [3.05, 3.63) is 30.1 Å². The van der Waals surface area contributed by atoms with Gasteiger partial charge in [0.15, 0.2) is 0 Å². The topological polar surface area (TPSA) is 37.4 Å². The molecular weight excluding hydrogens is 321 g/mol. The van der Waals surface area contributed by atoms with Crippen LogP contribution in [0.15, 0.2) is 24.5 Å². The first-order valence-corrected chi connectivity index (χ1v) is 6.35. The van der Waals surface area contributed by atoms with E-state index in [1.165, 1.54) is 18.5 Å². The normalized spacial score (nSPS) is 14.6. The van der Waals surface area contributed by atoms with Crippen LogP contribution in [-0.4, -0.2) is 49.3 Å². The Bertz CT molecular complexity index is 311. The van der Waals surface area contributed by atoms with Crippen LogP contribution in [0.2, 0.25) is 0 Å². The van der Waals surface area contributed by atoms with E-state index in [-0.39, 0.29) is 37.2 Å². The number of nitrogens with one attached hydrogen (secondary N) is 1. The molecule has 0 bridgehead atoms. The second kappa shape index (κ2) is 13.9. The minimum atomic E-state index is 0. The van der Waals surface area contributed by atoms with E-state index in [0.29, 0.717) is 0 Å². The summed E-state index contributed by atoms with van der Waals surface area (Å²) < 4.78 is 5.32. The van der Waals surface area contributed by atoms with Gasteiger partial charge in [-0.3, -0.25) is 9.88 Å². The second-order valence-electron chi connectivity index (χ2n) is 4.34. The molecule has 0 saturated carbocycles. The van der Waals surface area contributed by atoms with Gasteiger partial charge in [0.25, 0.3) is 0 Å². The Kier molecular flexibility index (Phi) is 15.4. The van der Waals surface area contributed by atoms with E-state index in [2.05, 4.69) is 27.3 Å². The van der Waals surface area contributed by atoms with Crippen molar-refractivity contribution in [1.82, 2.24) is 15.2 Å². The van der Waals surface area contributed by atoms with Crippen molar-refractivity contribution in [3.8, 4) is 0 Å². The monoisotopic (exact) mass is 343 g/mol. The highest BCUT2D eigenvalue weighted by atomic mass is 35.5. The lowest BCUT2D eigenvalue weighted by Crippen LogP contribution is -2.37. The molecular formula is C13H24Cl3N3O. The lowest BCUT2D eigenvalue weighted by molar-refractivity contribution is 0.0374. The van der Waals surface area contributed by atoms with Gasteiger partial charge in [-0.15, -0.1) is 37.2 Å². The molecule has 0 radical (unpaired) electrons. The van der Waals surface area contributed by atoms with Gasteiger partial charge >= 0.3 is 0 Å². The number of nitrogens with zero attached hydrogens (tertiary/aromatic N) is 2. The Balaban J connectivity index is 0. The first kappa shape index (κ1) is 22.2. The third-order valence-corrected chi connectivity index (χ3v) is 3.01. The first-order chi connectivity index (χ1) is 8.45. The number of ether oxygens (including phenoxy) is 1. The summed E-state index contributed by atoms with van der Waals surface area (Å²) in [5.41, 5.74) is 1.30. The van der Waals surface area contributed by atoms with Gasteiger partial charge in [-0.1, -0.05) is 0 Å². The molecule has 0 amide bonds. The Labute approximate surface area is 139 Å². The number of morpholine rings is 1. The van der Waals surface area contributed by atoms with E-state index in [1.54, 1.807) is 0 Å². The van der Waals surface area contributed by atoms with E-state index in [0.717, 1.165) is 39.4 Å². The van der Waals surface area contributed by atoms with Crippen LogP contribution in [0.4, 0.5) is 0 Å². The molecule has 1 saturated heterocycles. The van der Waals surface area contributed by atoms with E-state index < -0.39 is 0 Å². The van der Waals surface area contributed by atoms with Crippen molar-refractivity contribution in [3.63, 3.8) is 0 Å². The van der Waals surface area contributed by atoms with Gasteiger partial charge in [-0.25, -0.2) is 0 Å². The summed E-state index contributed by atoms with van der Waals surface area (Å²) in [6.45, 7) is 7.14. The third kappa shape index (κ3) is 8.95. The Morgan fingerprint density at radius 3 is 2.40 bits per heavy atom. The van der Waals surface area contributed by atoms with Crippen LogP contribution < -0.4 is 5.32 Å². The predicted molar refractivity (Wildman–Crippen MR) is 89.6 cm³/mol. The third-order valence-electron chi connectivity index (χ3n) is 3.01. The fraction of sp³-hybridized carbons (Fsp3) is 0.615. The molecule has 0 atom stereocenters. The van der Waals surface area contributed by atoms with Crippen LogP contribution in [0, 0.1) is 0 Å². The van der Waals surface area contributed by atoms with Crippen LogP contribution >= 0.6 is 37.2 Å². The van der Waals surface area contributed by atoms with Crippen LogP contribution in [0.3, 0.4) is 0 Å². The van der Waals surface area contributed by atoms with Crippen LogP contribution in [-0.2, 0) is 11.3 Å². The summed E-state index contributed by atoms with van der Waals surface area (Å²) in [6, 6.07) is 4.10. The van der Waals surface area contributed by atoms with Gasteiger partial charge in [0.2, 0.25) is 0 Å². The molecule has 20 heavy (non-hydrogen) atoms. The number of hydrogen-bond acceptors (Lipinski definition) is 4. The number of pyridine rings is 1. The van der Waals surface area contributed by atoms with E-state index in [1.807, 2.05) is 12.4 Å². The maximum Gasteiger partial charge on any atom is 0.0594 e. The molecule has 0 spiro atoms. The fourth-order valence-electron chi connectivity index (χ4n) is 1.99. The quantitative estimate of drug-likeness (QED) is 0.803. The highest BCUT2D eigenvalue weighted by Crippen LogP contribution is 1.98. The minimum Gasteiger partial charge on any atom is -0.379 e. The van der Waals surface area contributed by atoms with Crippen LogP contribution in [0.1, 0.15) is 12.0 Å². The molecule has 1 fully saturated rings. The summed E-state index contributed by atoms with van der Waals surface area (Å²) in [7, 11) is 0. The standard InChI is InChI=1S/C13H21N3O.3ClH/c1(7-16-8-10-17-11-9-16)4-15-12-13-2-5-14-6-3-13;;;/h2-3,5-6,15H,1,4,7-12H2;3*1H. The van der Waals surface area contributed by atoms with Gasteiger partial charge in [-0.2, -0.15) is 0 Å². The van der Waals surface area contributed by atoms with Crippen LogP contribution in [0.5, 0.6) is 0 Å². The van der Waals surface area contributed by atoms with Gasteiger partial charge in [-0.05, 0) is 37.2 Å². The Hall–Kier alpha value is -0.100. The molecule has 4 nitrogen and oxygen atoms in total. The Morgan fingerprint density at radius 2 is 1.75 bits per heavy atom. The highest BCUT2D eigenvalue weighted by Gasteiger charge is 2.08. The van der Waals surface area contributed by atoms with Gasteiger partial charge in [0.1, 0.15) is 0 Å². The largest absolute Gasteiger partial charge is 0.379 e. The lowest BCUT2D eigenvalue weighted by Gasteiger charge is -2.26. The SMILES string of the molecule is Cl.Cl.Cl.c1cc(CNCCCN2CCOCC2)ccn1. The van der Waals surface area contributed by atoms with Crippen molar-refractivity contribution in [2.24, 2.45) is 0 Å². The van der Waals surface area contributed by atoms with Gasteiger partial charge in [0, 0.05) is 32.0 Å². The maximum absolute atomic E-state index is 5.32. The zero-order valence-electron chi connectivity index (χ0n) is 11.5. The van der Waals surface area contributed by atoms with E-state index in [4.69, 9.17) is 4.74 Å². The number of hydrogen-bond donors (Lipinski definition) is 1. The highest BCUT2D eigenvalue weighted by molar-refractivity contribution is 5.86. The Morgan fingerprint density at radius 1 is 1.10 bits per heavy atom. The van der Waals surface area contributed by atoms with Crippen molar-refractivity contribution < 1.29 is 4.74 Å². The summed E-state index contributed by atoms with van der Waals surface area (Å²) >= 11 is 0. The average Bonchev–Trinajstić information content (AvgIpc) is 2.41. The van der Waals surface area contributed by atoms with Gasteiger partial charge in [0.05, 0.1) is 13.2 Å². The number of halogens is 3. The summed E-state index contributed by atoms with van der Waals surface area (Å²) in [5.74, 6) is 0.